The molecule has 10 heteroatoms. The first-order chi connectivity index (χ1) is 17.1. The van der Waals surface area contributed by atoms with Crippen molar-refractivity contribution in [3.05, 3.63) is 0 Å². The Morgan fingerprint density at radius 3 is 1.29 bits per heavy atom. The molecule has 8 nitrogen and oxygen atoms in total. The Morgan fingerprint density at radius 2 is 1.05 bits per heavy atom. The molecule has 0 aromatic rings. The van der Waals surface area contributed by atoms with Crippen molar-refractivity contribution in [1.82, 2.24) is 8.61 Å². The molecule has 6 unspecified atom stereocenters. The molecule has 0 aromatic carbocycles. The van der Waals surface area contributed by atoms with E-state index in [1.54, 1.807) is 18.4 Å². The van der Waals surface area contributed by atoms with E-state index >= 15 is 0 Å². The van der Waals surface area contributed by atoms with Gasteiger partial charge in [0.1, 0.15) is 0 Å². The monoisotopic (exact) mass is 578 g/mol. The van der Waals surface area contributed by atoms with Crippen LogP contribution in [0.25, 0.3) is 0 Å². The summed E-state index contributed by atoms with van der Waals surface area (Å²) in [6.45, 7) is 16.2. The Balaban J connectivity index is 0.000000215. The van der Waals surface area contributed by atoms with Crippen LogP contribution in [0.3, 0.4) is 0 Å². The largest absolute Gasteiger partial charge is 0.392 e. The van der Waals surface area contributed by atoms with Crippen LogP contribution in [-0.2, 0) is 20.0 Å². The maximum absolute atomic E-state index is 13.0. The van der Waals surface area contributed by atoms with Gasteiger partial charge in [-0.25, -0.2) is 21.1 Å². The Morgan fingerprint density at radius 1 is 0.711 bits per heavy atom. The van der Waals surface area contributed by atoms with Crippen molar-refractivity contribution in [2.75, 3.05) is 25.6 Å². The number of rotatable bonds is 8. The highest BCUT2D eigenvalue weighted by molar-refractivity contribution is 7.89. The Labute approximate surface area is 232 Å². The Bertz CT molecular complexity index is 1080. The van der Waals surface area contributed by atoms with Gasteiger partial charge in [0.05, 0.1) is 23.7 Å². The van der Waals surface area contributed by atoms with Crippen molar-refractivity contribution in [1.29, 1.82) is 0 Å². The standard InChI is InChI=1S/C16H31NO3S.C12H23NO3S/c1-11(2)17(12(3)4)21(19,20)10-16-8-7-13(9-14(16)18)15(16,5)6;1-11(2)9-5-6-12(11,10(14)7-9)8-17(15,16)13(3)4/h11-14,18H,7-10H2,1-6H3;9-10,14H,5-8H2,1-4H3. The first kappa shape index (κ1) is 32.3. The molecule has 0 spiro atoms. The van der Waals surface area contributed by atoms with Crippen LogP contribution >= 0.6 is 0 Å². The third kappa shape index (κ3) is 4.91. The van der Waals surface area contributed by atoms with E-state index < -0.39 is 43.1 Å². The first-order valence-electron chi connectivity index (χ1n) is 14.4. The van der Waals surface area contributed by atoms with Gasteiger partial charge in [-0.3, -0.25) is 0 Å². The van der Waals surface area contributed by atoms with Crippen LogP contribution in [0.5, 0.6) is 0 Å². The molecule has 0 aliphatic heterocycles. The van der Waals surface area contributed by atoms with Crippen LogP contribution < -0.4 is 0 Å². The summed E-state index contributed by atoms with van der Waals surface area (Å²) in [5, 5.41) is 20.8. The van der Waals surface area contributed by atoms with Crippen LogP contribution in [0.2, 0.25) is 0 Å². The molecule has 0 saturated heterocycles. The molecule has 4 aliphatic rings. The van der Waals surface area contributed by atoms with Gasteiger partial charge in [0, 0.05) is 37.0 Å². The van der Waals surface area contributed by atoms with Gasteiger partial charge >= 0.3 is 0 Å². The molecule has 4 fully saturated rings. The highest BCUT2D eigenvalue weighted by Crippen LogP contribution is 2.67. The summed E-state index contributed by atoms with van der Waals surface area (Å²) >= 11 is 0. The topological polar surface area (TPSA) is 115 Å². The fourth-order valence-corrected chi connectivity index (χ4v) is 13.3. The summed E-state index contributed by atoms with van der Waals surface area (Å²) in [6, 6.07) is -0.101. The molecule has 4 saturated carbocycles. The second-order valence-electron chi connectivity index (χ2n) is 14.5. The Hall–Kier alpha value is -0.260. The minimum Gasteiger partial charge on any atom is -0.392 e. The lowest BCUT2D eigenvalue weighted by molar-refractivity contribution is 0.0141. The number of sulfonamides is 2. The molecular formula is C28H54N2O6S2. The highest BCUT2D eigenvalue weighted by Gasteiger charge is 2.66. The van der Waals surface area contributed by atoms with Gasteiger partial charge in [-0.2, -0.15) is 4.31 Å². The number of nitrogens with zero attached hydrogens (tertiary/aromatic N) is 2. The van der Waals surface area contributed by atoms with Crippen molar-refractivity contribution in [3.8, 4) is 0 Å². The maximum atomic E-state index is 13.0. The highest BCUT2D eigenvalue weighted by atomic mass is 32.2. The fraction of sp³-hybridized carbons (Fsp3) is 1.00. The zero-order chi connectivity index (χ0) is 29.3. The molecule has 224 valence electrons. The van der Waals surface area contributed by atoms with Gasteiger partial charge in [0.2, 0.25) is 20.0 Å². The molecular weight excluding hydrogens is 524 g/mol. The summed E-state index contributed by atoms with van der Waals surface area (Å²) in [7, 11) is -3.51. The average molecular weight is 579 g/mol. The number of aliphatic hydroxyl groups is 2. The molecule has 6 atom stereocenters. The second-order valence-corrected chi connectivity index (χ2v) is 18.6. The van der Waals surface area contributed by atoms with Gasteiger partial charge in [0.15, 0.2) is 0 Å². The summed E-state index contributed by atoms with van der Waals surface area (Å²) in [4.78, 5) is 0. The minimum atomic E-state index is -3.38. The van der Waals surface area contributed by atoms with Crippen LogP contribution in [0.15, 0.2) is 0 Å². The lowest BCUT2D eigenvalue weighted by Crippen LogP contribution is -2.51. The molecule has 4 aliphatic carbocycles. The predicted molar refractivity (Wildman–Crippen MR) is 152 cm³/mol. The first-order valence-corrected chi connectivity index (χ1v) is 17.6. The van der Waals surface area contributed by atoms with Gasteiger partial charge in [-0.15, -0.1) is 0 Å². The van der Waals surface area contributed by atoms with Crippen molar-refractivity contribution in [3.63, 3.8) is 0 Å². The maximum Gasteiger partial charge on any atom is 0.215 e. The molecule has 38 heavy (non-hydrogen) atoms. The van der Waals surface area contributed by atoms with Gasteiger partial charge in [-0.1, -0.05) is 27.7 Å². The van der Waals surface area contributed by atoms with E-state index in [9.17, 15) is 27.0 Å². The van der Waals surface area contributed by atoms with Crippen molar-refractivity contribution in [2.45, 2.75) is 118 Å². The molecule has 4 rings (SSSR count). The summed E-state index contributed by atoms with van der Waals surface area (Å²) in [6.07, 6.45) is 4.32. The van der Waals surface area contributed by atoms with E-state index in [0.717, 1.165) is 38.5 Å². The molecule has 0 aromatic heterocycles. The molecule has 0 amide bonds. The van der Waals surface area contributed by atoms with E-state index in [-0.39, 0.29) is 34.4 Å². The zero-order valence-electron chi connectivity index (χ0n) is 25.4. The van der Waals surface area contributed by atoms with E-state index in [1.165, 1.54) is 4.31 Å². The number of hydrogen-bond donors (Lipinski definition) is 2. The summed E-state index contributed by atoms with van der Waals surface area (Å²) in [5.41, 5.74) is -1.09. The van der Waals surface area contributed by atoms with Crippen molar-refractivity contribution in [2.24, 2.45) is 33.5 Å². The predicted octanol–water partition coefficient (Wildman–Crippen LogP) is 3.69. The molecule has 2 N–H and O–H groups in total. The second kappa shape index (κ2) is 10.2. The molecule has 0 radical (unpaired) electrons. The van der Waals surface area contributed by atoms with E-state index in [1.807, 2.05) is 27.7 Å². The van der Waals surface area contributed by atoms with Crippen molar-refractivity contribution >= 4 is 20.0 Å². The normalized spacial score (nSPS) is 37.5. The van der Waals surface area contributed by atoms with Gasteiger partial charge in [-0.05, 0) is 88.9 Å². The summed E-state index contributed by atoms with van der Waals surface area (Å²) in [5.74, 6) is 1.09. The van der Waals surface area contributed by atoms with Crippen LogP contribution in [0.4, 0.5) is 0 Å². The average Bonchev–Trinajstić information content (AvgIpc) is 3.25. The quantitative estimate of drug-likeness (QED) is 0.454. The van der Waals surface area contributed by atoms with Gasteiger partial charge in [0.25, 0.3) is 0 Å². The van der Waals surface area contributed by atoms with Crippen LogP contribution in [0, 0.1) is 33.5 Å². The Kier molecular flexibility index (Phi) is 8.68. The number of aliphatic hydroxyl groups excluding tert-OH is 2. The van der Waals surface area contributed by atoms with Gasteiger partial charge < -0.3 is 10.2 Å². The third-order valence-electron chi connectivity index (χ3n) is 11.6. The lowest BCUT2D eigenvalue weighted by Gasteiger charge is -2.42. The molecule has 4 bridgehead atoms. The van der Waals surface area contributed by atoms with Crippen molar-refractivity contribution < 1.29 is 27.0 Å². The summed E-state index contributed by atoms with van der Waals surface area (Å²) < 4.78 is 53.1. The fourth-order valence-electron chi connectivity index (χ4n) is 8.85. The lowest BCUT2D eigenvalue weighted by atomic mass is 9.70. The third-order valence-corrected chi connectivity index (χ3v) is 15.9. The number of fused-ring (bicyclic) bond motifs is 4. The van der Waals surface area contributed by atoms with E-state index in [4.69, 9.17) is 0 Å². The zero-order valence-corrected chi connectivity index (χ0v) is 27.0. The van der Waals surface area contributed by atoms with E-state index in [2.05, 4.69) is 27.7 Å². The molecule has 0 heterocycles. The van der Waals surface area contributed by atoms with Crippen LogP contribution in [-0.4, -0.2) is 85.6 Å². The SMILES string of the molecule is CC(C)N(C(C)C)S(=O)(=O)CC12CCC(CC1O)C2(C)C.CN(C)S(=O)(=O)CC12CCC(CC1O)C2(C)C. The minimum absolute atomic E-state index is 0.0507. The van der Waals surface area contributed by atoms with Crippen LogP contribution in [0.1, 0.15) is 93.9 Å². The number of hydrogen-bond acceptors (Lipinski definition) is 6. The van der Waals surface area contributed by atoms with E-state index in [0.29, 0.717) is 11.8 Å². The smallest absolute Gasteiger partial charge is 0.215 e.